The van der Waals surface area contributed by atoms with Gasteiger partial charge in [0.15, 0.2) is 11.2 Å². The van der Waals surface area contributed by atoms with Gasteiger partial charge in [-0.25, -0.2) is 8.51 Å². The highest BCUT2D eigenvalue weighted by atomic mass is 32.2. The van der Waals surface area contributed by atoms with Gasteiger partial charge >= 0.3 is 0 Å². The maximum Gasteiger partial charge on any atom is 0.264 e. The van der Waals surface area contributed by atoms with Crippen LogP contribution in [-0.4, -0.2) is 64.1 Å². The number of ether oxygens (including phenoxy) is 1. The van der Waals surface area contributed by atoms with E-state index in [0.717, 1.165) is 53.5 Å². The molecule has 1 N–H and O–H groups in total. The molecule has 42 heavy (non-hydrogen) atoms. The van der Waals surface area contributed by atoms with E-state index in [1.165, 1.54) is 30.5 Å². The molecular formula is C33H42N4O4S. The first kappa shape index (κ1) is 28.9. The zero-order valence-electron chi connectivity index (χ0n) is 25.2. The van der Waals surface area contributed by atoms with Crippen LogP contribution in [0.1, 0.15) is 85.3 Å². The fraction of sp³-hybridized carbons (Fsp3) is 0.515. The molecule has 224 valence electrons. The van der Waals surface area contributed by atoms with Crippen molar-refractivity contribution in [2.24, 2.45) is 5.92 Å². The number of allylic oxidation sites excluding steroid dienone is 4. The average Bonchev–Trinajstić information content (AvgIpc) is 3.27. The standard InChI is InChI=1S/C33H42N4O4S/c1-21-27-19-24(41-4)13-15-25(27)31-30(22-10-6-5-7-11-22)26-14-12-23-18-29(26)37(31)20-28(21)33(39)35(2)16-8-9-17-36(3)42(40)34-32(23)38/h12-15,18-19,22,25,27H,5-11,16-17,20H2,1-4H3,(H,34,38). The highest BCUT2D eigenvalue weighted by Crippen LogP contribution is 2.49. The summed E-state index contributed by atoms with van der Waals surface area (Å²) in [5.41, 5.74) is 5.92. The van der Waals surface area contributed by atoms with Crippen LogP contribution in [-0.2, 0) is 27.2 Å². The second-order valence-electron chi connectivity index (χ2n) is 12.3. The molecule has 2 aliphatic heterocycles. The van der Waals surface area contributed by atoms with E-state index in [1.54, 1.807) is 18.5 Å². The van der Waals surface area contributed by atoms with Crippen LogP contribution in [0.5, 0.6) is 0 Å². The molecule has 9 heteroatoms. The number of carbonyl (C=O) groups excluding carboxylic acids is 2. The Morgan fingerprint density at radius 2 is 1.76 bits per heavy atom. The SMILES string of the molecule is COC1=CC2C(C)=C3Cn4c(c(C5CCCCC5)c5ccc(cc54)C(=O)NS(=O)N(C)CCCCN(C)C3=O)C2C=C1. The highest BCUT2D eigenvalue weighted by Gasteiger charge is 2.38. The predicted molar refractivity (Wildman–Crippen MR) is 166 cm³/mol. The van der Waals surface area contributed by atoms with Crippen molar-refractivity contribution in [3.8, 4) is 0 Å². The van der Waals surface area contributed by atoms with Crippen molar-refractivity contribution in [3.05, 3.63) is 70.2 Å². The third kappa shape index (κ3) is 5.15. The lowest BCUT2D eigenvalue weighted by molar-refractivity contribution is -0.126. The number of hydrogen-bond donors (Lipinski definition) is 1. The quantitative estimate of drug-likeness (QED) is 0.514. The van der Waals surface area contributed by atoms with Crippen LogP contribution in [0.15, 0.2) is 53.3 Å². The Morgan fingerprint density at radius 1 is 1.00 bits per heavy atom. The molecule has 3 unspecified atom stereocenters. The van der Waals surface area contributed by atoms with Gasteiger partial charge in [-0.05, 0) is 68.4 Å². The van der Waals surface area contributed by atoms with Gasteiger partial charge in [0.1, 0.15) is 5.76 Å². The zero-order chi connectivity index (χ0) is 29.5. The first-order valence-corrected chi connectivity index (χ1v) is 16.4. The number of aromatic nitrogens is 1. The van der Waals surface area contributed by atoms with Crippen molar-refractivity contribution >= 4 is 33.9 Å². The third-order valence-corrected chi connectivity index (χ3v) is 10.9. The van der Waals surface area contributed by atoms with Crippen molar-refractivity contribution < 1.29 is 18.5 Å². The van der Waals surface area contributed by atoms with Gasteiger partial charge in [-0.15, -0.1) is 0 Å². The monoisotopic (exact) mass is 590 g/mol. The minimum atomic E-state index is -1.65. The molecule has 2 amide bonds. The molecular weight excluding hydrogens is 548 g/mol. The lowest BCUT2D eigenvalue weighted by atomic mass is 9.75. The van der Waals surface area contributed by atoms with E-state index in [9.17, 15) is 13.8 Å². The number of amides is 2. The summed E-state index contributed by atoms with van der Waals surface area (Å²) in [4.78, 5) is 29.4. The normalized spacial score (nSPS) is 26.4. The first-order chi connectivity index (χ1) is 20.3. The van der Waals surface area contributed by atoms with Crippen LogP contribution in [0.25, 0.3) is 10.9 Å². The Kier molecular flexibility index (Phi) is 8.16. The van der Waals surface area contributed by atoms with E-state index in [-0.39, 0.29) is 23.7 Å². The summed E-state index contributed by atoms with van der Waals surface area (Å²) in [6.07, 6.45) is 14.0. The van der Waals surface area contributed by atoms with Gasteiger partial charge in [0.05, 0.1) is 13.7 Å². The second-order valence-corrected chi connectivity index (χ2v) is 13.6. The Balaban J connectivity index is 1.61. The summed E-state index contributed by atoms with van der Waals surface area (Å²) in [5.74, 6) is 0.961. The van der Waals surface area contributed by atoms with Crippen LogP contribution in [0, 0.1) is 5.92 Å². The van der Waals surface area contributed by atoms with Gasteiger partial charge in [-0.1, -0.05) is 37.0 Å². The third-order valence-electron chi connectivity index (χ3n) is 9.75. The molecule has 4 bridgehead atoms. The minimum Gasteiger partial charge on any atom is -0.497 e. The summed E-state index contributed by atoms with van der Waals surface area (Å²) >= 11 is -1.65. The van der Waals surface area contributed by atoms with Gasteiger partial charge < -0.3 is 14.2 Å². The smallest absolute Gasteiger partial charge is 0.264 e. The number of rotatable bonds is 2. The minimum absolute atomic E-state index is 0.00822. The molecule has 0 radical (unpaired) electrons. The molecule has 1 aromatic heterocycles. The van der Waals surface area contributed by atoms with Gasteiger partial charge in [0, 0.05) is 66.8 Å². The van der Waals surface area contributed by atoms with Crippen molar-refractivity contribution in [1.82, 2.24) is 18.5 Å². The second kappa shape index (κ2) is 11.8. The zero-order valence-corrected chi connectivity index (χ0v) is 26.0. The van der Waals surface area contributed by atoms with Crippen molar-refractivity contribution in [2.75, 3.05) is 34.3 Å². The van der Waals surface area contributed by atoms with Crippen LogP contribution in [0.2, 0.25) is 0 Å². The molecule has 8 nitrogen and oxygen atoms in total. The maximum absolute atomic E-state index is 14.2. The molecule has 3 atom stereocenters. The topological polar surface area (TPSA) is 83.9 Å². The van der Waals surface area contributed by atoms with E-state index in [4.69, 9.17) is 4.74 Å². The number of nitrogens with one attached hydrogen (secondary N) is 1. The van der Waals surface area contributed by atoms with Gasteiger partial charge in [-0.3, -0.25) is 14.3 Å². The van der Waals surface area contributed by atoms with Crippen LogP contribution < -0.4 is 4.72 Å². The summed E-state index contributed by atoms with van der Waals surface area (Å²) in [5, 5.41) is 1.15. The molecule has 1 saturated carbocycles. The van der Waals surface area contributed by atoms with Gasteiger partial charge in [0.2, 0.25) is 0 Å². The van der Waals surface area contributed by atoms with Crippen LogP contribution >= 0.6 is 0 Å². The largest absolute Gasteiger partial charge is 0.497 e. The molecule has 6 rings (SSSR count). The number of likely N-dealkylation sites (N-methyl/N-ethyl adjacent to an activating group) is 1. The number of benzene rings is 1. The highest BCUT2D eigenvalue weighted by molar-refractivity contribution is 7.81. The fourth-order valence-electron chi connectivity index (χ4n) is 7.37. The van der Waals surface area contributed by atoms with E-state index < -0.39 is 11.2 Å². The van der Waals surface area contributed by atoms with Crippen LogP contribution in [0.4, 0.5) is 0 Å². The number of nitrogens with zero attached hydrogens (tertiary/aromatic N) is 3. The number of hydrogen-bond acceptors (Lipinski definition) is 4. The average molecular weight is 591 g/mol. The fourth-order valence-corrected chi connectivity index (χ4v) is 8.10. The molecule has 2 aliphatic carbocycles. The summed E-state index contributed by atoms with van der Waals surface area (Å²) in [6, 6.07) is 5.88. The summed E-state index contributed by atoms with van der Waals surface area (Å²) < 4.78 is 25.3. The van der Waals surface area contributed by atoms with Crippen molar-refractivity contribution in [2.45, 2.75) is 70.3 Å². The van der Waals surface area contributed by atoms with Crippen molar-refractivity contribution in [1.29, 1.82) is 0 Å². The molecule has 1 fully saturated rings. The van der Waals surface area contributed by atoms with Crippen LogP contribution in [0.3, 0.4) is 0 Å². The molecule has 0 saturated heterocycles. The Bertz CT molecular complexity index is 1530. The lowest BCUT2D eigenvalue weighted by Gasteiger charge is -2.30. The van der Waals surface area contributed by atoms with Gasteiger partial charge in [-0.2, -0.15) is 0 Å². The van der Waals surface area contributed by atoms with E-state index in [2.05, 4.69) is 40.5 Å². The van der Waals surface area contributed by atoms with E-state index in [0.29, 0.717) is 31.1 Å². The maximum atomic E-state index is 14.2. The Hall–Kier alpha value is -3.17. The molecule has 3 heterocycles. The first-order valence-electron chi connectivity index (χ1n) is 15.3. The Morgan fingerprint density at radius 3 is 2.52 bits per heavy atom. The van der Waals surface area contributed by atoms with E-state index >= 15 is 0 Å². The van der Waals surface area contributed by atoms with E-state index in [1.807, 2.05) is 24.1 Å². The number of fused-ring (bicyclic) bond motifs is 4. The molecule has 0 spiro atoms. The summed E-state index contributed by atoms with van der Waals surface area (Å²) in [6.45, 7) is 3.71. The number of methoxy groups -OCH3 is 1. The lowest BCUT2D eigenvalue weighted by Crippen LogP contribution is -2.37. The predicted octanol–water partition coefficient (Wildman–Crippen LogP) is 5.31. The molecule has 2 aromatic rings. The molecule has 4 aliphatic rings. The summed E-state index contributed by atoms with van der Waals surface area (Å²) in [7, 11) is 5.32. The van der Waals surface area contributed by atoms with Gasteiger partial charge in [0.25, 0.3) is 11.8 Å². The number of carbonyl (C=O) groups is 2. The Labute approximate surface area is 251 Å². The molecule has 1 aromatic carbocycles. The van der Waals surface area contributed by atoms with Crippen molar-refractivity contribution in [3.63, 3.8) is 0 Å².